The van der Waals surface area contributed by atoms with E-state index in [0.717, 1.165) is 11.8 Å². The molecular formula is C24H36F2N2O6. The molecule has 1 heterocycles. The summed E-state index contributed by atoms with van der Waals surface area (Å²) in [5.74, 6) is -7.92. The van der Waals surface area contributed by atoms with Gasteiger partial charge in [0.05, 0.1) is 6.04 Å². The Bertz CT molecular complexity index is 841. The van der Waals surface area contributed by atoms with E-state index in [-0.39, 0.29) is 12.5 Å². The lowest BCUT2D eigenvalue weighted by atomic mass is 9.88. The molecule has 8 nitrogen and oxygen atoms in total. The summed E-state index contributed by atoms with van der Waals surface area (Å²) in [6.45, 7) is 15.5. The van der Waals surface area contributed by atoms with E-state index in [1.165, 1.54) is 0 Å². The van der Waals surface area contributed by atoms with Gasteiger partial charge in [-0.2, -0.15) is 8.78 Å². The normalized spacial score (nSPS) is 22.3. The third-order valence-electron chi connectivity index (χ3n) is 4.88. The minimum absolute atomic E-state index is 0.0216. The van der Waals surface area contributed by atoms with Gasteiger partial charge in [0.2, 0.25) is 11.7 Å². The maximum absolute atomic E-state index is 14.4. The Morgan fingerprint density at radius 1 is 1.06 bits per heavy atom. The maximum Gasteiger partial charge on any atom is 0.411 e. The highest BCUT2D eigenvalue weighted by Gasteiger charge is 2.56. The van der Waals surface area contributed by atoms with E-state index in [1.807, 2.05) is 0 Å². The summed E-state index contributed by atoms with van der Waals surface area (Å²) in [5.41, 5.74) is -1.88. The molecule has 0 bridgehead atoms. The van der Waals surface area contributed by atoms with Crippen molar-refractivity contribution in [1.82, 2.24) is 10.2 Å². The predicted molar refractivity (Wildman–Crippen MR) is 122 cm³/mol. The Balaban J connectivity index is 3.72. The van der Waals surface area contributed by atoms with Crippen LogP contribution in [0.25, 0.3) is 0 Å². The SMILES string of the molecule is C=CC(F)(F)C(=O)[C@H](NC(C)=O)[C@H]1[C@H](C=CC)C[C@@H](C(=O)OC(C)(C)C)N1C(=O)OC(C)(C)C. The van der Waals surface area contributed by atoms with Gasteiger partial charge in [0.1, 0.15) is 23.3 Å². The highest BCUT2D eigenvalue weighted by atomic mass is 19.3. The number of ketones is 1. The second-order valence-electron chi connectivity index (χ2n) is 10.2. The van der Waals surface area contributed by atoms with Gasteiger partial charge in [-0.1, -0.05) is 18.7 Å². The number of halogens is 2. The summed E-state index contributed by atoms with van der Waals surface area (Å²) >= 11 is 0. The van der Waals surface area contributed by atoms with Crippen molar-refractivity contribution in [3.63, 3.8) is 0 Å². The molecule has 1 saturated heterocycles. The molecule has 0 saturated carbocycles. The van der Waals surface area contributed by atoms with Crippen LogP contribution in [0, 0.1) is 5.92 Å². The van der Waals surface area contributed by atoms with Crippen molar-refractivity contribution in [2.75, 3.05) is 0 Å². The van der Waals surface area contributed by atoms with Gasteiger partial charge >= 0.3 is 18.0 Å². The van der Waals surface area contributed by atoms with Crippen molar-refractivity contribution in [1.29, 1.82) is 0 Å². The number of alkyl halides is 2. The number of esters is 1. The molecule has 1 aliphatic rings. The summed E-state index contributed by atoms with van der Waals surface area (Å²) in [4.78, 5) is 52.1. The lowest BCUT2D eigenvalue weighted by Crippen LogP contribution is -2.61. The van der Waals surface area contributed by atoms with Crippen molar-refractivity contribution >= 4 is 23.8 Å². The zero-order chi connectivity index (χ0) is 26.6. The minimum atomic E-state index is -3.99. The first-order valence-corrected chi connectivity index (χ1v) is 11.0. The second-order valence-corrected chi connectivity index (χ2v) is 10.2. The van der Waals surface area contributed by atoms with Crippen LogP contribution < -0.4 is 5.32 Å². The second kappa shape index (κ2) is 10.7. The van der Waals surface area contributed by atoms with Crippen LogP contribution in [0.15, 0.2) is 24.8 Å². The Labute approximate surface area is 199 Å². The molecule has 192 valence electrons. The Morgan fingerprint density at radius 3 is 2.00 bits per heavy atom. The van der Waals surface area contributed by atoms with Gasteiger partial charge in [-0.25, -0.2) is 9.59 Å². The predicted octanol–water partition coefficient (Wildman–Crippen LogP) is 3.79. The Kier molecular flexibility index (Phi) is 9.16. The molecular weight excluding hydrogens is 450 g/mol. The Morgan fingerprint density at radius 2 is 1.59 bits per heavy atom. The van der Waals surface area contributed by atoms with Crippen LogP contribution >= 0.6 is 0 Å². The number of likely N-dealkylation sites (tertiary alicyclic amines) is 1. The van der Waals surface area contributed by atoms with Gasteiger partial charge in [-0.3, -0.25) is 14.5 Å². The van der Waals surface area contributed by atoms with Crippen LogP contribution in [0.4, 0.5) is 13.6 Å². The number of carbonyl (C=O) groups is 4. The lowest BCUT2D eigenvalue weighted by Gasteiger charge is -2.37. The van der Waals surface area contributed by atoms with Crippen LogP contribution in [-0.2, 0) is 23.9 Å². The highest BCUT2D eigenvalue weighted by Crippen LogP contribution is 2.37. The molecule has 34 heavy (non-hydrogen) atoms. The summed E-state index contributed by atoms with van der Waals surface area (Å²) in [6, 6.07) is -4.42. The number of carbonyl (C=O) groups excluding carboxylic acids is 4. The summed E-state index contributed by atoms with van der Waals surface area (Å²) in [6.07, 6.45) is 2.37. The van der Waals surface area contributed by atoms with Crippen LogP contribution in [0.1, 0.15) is 61.8 Å². The van der Waals surface area contributed by atoms with E-state index < -0.39 is 64.9 Å². The van der Waals surface area contributed by atoms with Crippen LogP contribution in [0.3, 0.4) is 0 Å². The smallest absolute Gasteiger partial charge is 0.411 e. The Hall–Kier alpha value is -2.78. The molecule has 1 N–H and O–H groups in total. The van der Waals surface area contributed by atoms with Crippen molar-refractivity contribution in [3.05, 3.63) is 24.8 Å². The standard InChI is InChI=1S/C24H36F2N2O6/c1-10-12-15-13-16(20(31)33-22(4,5)6)28(21(32)34-23(7,8)9)18(15)17(27-14(3)29)19(30)24(25,26)11-2/h10-12,15-18H,2,13H2,1,3-9H3,(H,27,29)/t15-,16+,17-,18-/m1/s1. The molecule has 4 atom stereocenters. The molecule has 0 aromatic rings. The fourth-order valence-electron chi connectivity index (χ4n) is 3.75. The molecule has 1 fully saturated rings. The first-order chi connectivity index (χ1) is 15.3. The largest absolute Gasteiger partial charge is 0.458 e. The van der Waals surface area contributed by atoms with Gasteiger partial charge in [0, 0.05) is 12.8 Å². The number of allylic oxidation sites excluding steroid dienone is 2. The van der Waals surface area contributed by atoms with Gasteiger partial charge in [-0.05, 0) is 61.0 Å². The fraction of sp³-hybridized carbons (Fsp3) is 0.667. The van der Waals surface area contributed by atoms with E-state index in [2.05, 4.69) is 11.9 Å². The lowest BCUT2D eigenvalue weighted by molar-refractivity contribution is -0.161. The molecule has 0 spiro atoms. The average molecular weight is 487 g/mol. The first kappa shape index (κ1) is 29.3. The molecule has 1 aliphatic heterocycles. The van der Waals surface area contributed by atoms with E-state index in [9.17, 15) is 28.0 Å². The van der Waals surface area contributed by atoms with E-state index in [0.29, 0.717) is 0 Å². The number of rotatable bonds is 7. The number of ether oxygens (including phenoxy) is 2. The number of nitrogens with one attached hydrogen (secondary N) is 1. The van der Waals surface area contributed by atoms with Gasteiger partial charge in [-0.15, -0.1) is 0 Å². The van der Waals surface area contributed by atoms with Crippen molar-refractivity contribution in [2.24, 2.45) is 5.92 Å². The highest BCUT2D eigenvalue weighted by molar-refractivity contribution is 5.96. The van der Waals surface area contributed by atoms with Crippen molar-refractivity contribution in [2.45, 2.75) is 97.1 Å². The number of hydrogen-bond acceptors (Lipinski definition) is 6. The zero-order valence-corrected chi connectivity index (χ0v) is 21.1. The van der Waals surface area contributed by atoms with E-state index in [1.54, 1.807) is 60.6 Å². The minimum Gasteiger partial charge on any atom is -0.458 e. The van der Waals surface area contributed by atoms with Gasteiger partial charge in [0.15, 0.2) is 0 Å². The van der Waals surface area contributed by atoms with Crippen LogP contribution in [-0.4, -0.2) is 63.9 Å². The average Bonchev–Trinajstić information content (AvgIpc) is 3.02. The van der Waals surface area contributed by atoms with Crippen molar-refractivity contribution < 1.29 is 37.4 Å². The zero-order valence-electron chi connectivity index (χ0n) is 21.1. The van der Waals surface area contributed by atoms with Crippen molar-refractivity contribution in [3.8, 4) is 0 Å². The first-order valence-electron chi connectivity index (χ1n) is 11.0. The molecule has 1 rings (SSSR count). The monoisotopic (exact) mass is 486 g/mol. The molecule has 2 amide bonds. The number of amides is 2. The summed E-state index contributed by atoms with van der Waals surface area (Å²) < 4.78 is 39.8. The third-order valence-corrected chi connectivity index (χ3v) is 4.88. The van der Waals surface area contributed by atoms with Gasteiger partial charge in [0.25, 0.3) is 0 Å². The summed E-state index contributed by atoms with van der Waals surface area (Å²) in [5, 5.41) is 2.25. The molecule has 0 aliphatic carbocycles. The number of Topliss-reactive ketones (excluding diaryl/α,β-unsaturated/α-hetero) is 1. The van der Waals surface area contributed by atoms with E-state index in [4.69, 9.17) is 9.47 Å². The molecule has 10 heteroatoms. The van der Waals surface area contributed by atoms with E-state index >= 15 is 0 Å². The third kappa shape index (κ3) is 7.63. The summed E-state index contributed by atoms with van der Waals surface area (Å²) in [7, 11) is 0. The quantitative estimate of drug-likeness (QED) is 0.434. The number of hydrogen-bond donors (Lipinski definition) is 1. The molecule has 0 aromatic carbocycles. The fourth-order valence-corrected chi connectivity index (χ4v) is 3.75. The van der Waals surface area contributed by atoms with Gasteiger partial charge < -0.3 is 14.8 Å². The topological polar surface area (TPSA) is 102 Å². The van der Waals surface area contributed by atoms with Crippen LogP contribution in [0.2, 0.25) is 0 Å². The maximum atomic E-state index is 14.4. The van der Waals surface area contributed by atoms with Crippen LogP contribution in [0.5, 0.6) is 0 Å². The number of nitrogens with zero attached hydrogens (tertiary/aromatic N) is 1. The molecule has 0 unspecified atom stereocenters. The molecule has 0 radical (unpaired) electrons. The molecule has 0 aromatic heterocycles.